The average molecular weight is 464 g/mol. The number of carbonyl (C=O) groups is 1. The van der Waals surface area contributed by atoms with Crippen molar-refractivity contribution in [3.05, 3.63) is 72.1 Å². The lowest BCUT2D eigenvalue weighted by atomic mass is 9.86. The lowest BCUT2D eigenvalue weighted by molar-refractivity contribution is -0.119. The number of nitrogens with two attached hydrogens (primary N) is 2. The summed E-state index contributed by atoms with van der Waals surface area (Å²) in [5, 5.41) is 2.06. The van der Waals surface area contributed by atoms with Crippen molar-refractivity contribution in [1.29, 1.82) is 0 Å². The van der Waals surface area contributed by atoms with Crippen LogP contribution in [0.25, 0.3) is 10.8 Å². The van der Waals surface area contributed by atoms with E-state index in [1.165, 1.54) is 0 Å². The molecule has 0 aliphatic carbocycles. The standard InChI is InChI=1S/C27H37N3O2Si/c1-17(2)33(18(3)4,19(5)6)32-24-11-9-20(10-12-24)25(27(29)31)26(28)22-7-8-23-16-30-14-13-21(23)15-22/h7-19,25-26H,28H2,1-6H3,(H2,29,31). The molecule has 2 aromatic carbocycles. The Morgan fingerprint density at radius 2 is 1.42 bits per heavy atom. The highest BCUT2D eigenvalue weighted by molar-refractivity contribution is 6.78. The molecule has 0 radical (unpaired) electrons. The summed E-state index contributed by atoms with van der Waals surface area (Å²) in [7, 11) is -2.06. The van der Waals surface area contributed by atoms with Crippen LogP contribution in [0.15, 0.2) is 60.9 Å². The summed E-state index contributed by atoms with van der Waals surface area (Å²) in [6.07, 6.45) is 3.56. The van der Waals surface area contributed by atoms with Crippen molar-refractivity contribution in [1.82, 2.24) is 4.98 Å². The molecule has 5 nitrogen and oxygen atoms in total. The molecule has 0 aliphatic heterocycles. The smallest absolute Gasteiger partial charge is 0.258 e. The number of pyridine rings is 1. The van der Waals surface area contributed by atoms with Crippen molar-refractivity contribution in [2.75, 3.05) is 0 Å². The normalized spacial score (nSPS) is 14.1. The second kappa shape index (κ2) is 10.1. The monoisotopic (exact) mass is 463 g/mol. The van der Waals surface area contributed by atoms with E-state index in [1.807, 2.05) is 54.7 Å². The Hall–Kier alpha value is -2.70. The number of rotatable bonds is 9. The van der Waals surface area contributed by atoms with Crippen LogP contribution in [0.3, 0.4) is 0 Å². The van der Waals surface area contributed by atoms with E-state index in [-0.39, 0.29) is 0 Å². The molecule has 3 rings (SSSR count). The average Bonchev–Trinajstić information content (AvgIpc) is 2.77. The molecule has 2 unspecified atom stereocenters. The lowest BCUT2D eigenvalue weighted by Crippen LogP contribution is -2.50. The van der Waals surface area contributed by atoms with Crippen LogP contribution in [0, 0.1) is 0 Å². The fourth-order valence-electron chi connectivity index (χ4n) is 5.35. The predicted molar refractivity (Wildman–Crippen MR) is 139 cm³/mol. The molecular weight excluding hydrogens is 426 g/mol. The Balaban J connectivity index is 1.91. The second-order valence-electron chi connectivity index (χ2n) is 9.88. The summed E-state index contributed by atoms with van der Waals surface area (Å²) in [6, 6.07) is 15.1. The molecule has 6 heteroatoms. The van der Waals surface area contributed by atoms with Crippen LogP contribution in [0.5, 0.6) is 5.75 Å². The summed E-state index contributed by atoms with van der Waals surface area (Å²) in [6.45, 7) is 13.6. The third kappa shape index (κ3) is 4.97. The van der Waals surface area contributed by atoms with Gasteiger partial charge in [0.05, 0.1) is 5.92 Å². The molecule has 0 fully saturated rings. The van der Waals surface area contributed by atoms with Gasteiger partial charge in [-0.1, -0.05) is 65.8 Å². The number of hydrogen-bond acceptors (Lipinski definition) is 4. The molecule has 2 atom stereocenters. The number of aromatic nitrogens is 1. The third-order valence-electron chi connectivity index (χ3n) is 6.96. The molecule has 0 bridgehead atoms. The van der Waals surface area contributed by atoms with Crippen molar-refractivity contribution >= 4 is 25.0 Å². The van der Waals surface area contributed by atoms with Crippen molar-refractivity contribution in [3.8, 4) is 5.75 Å². The maximum Gasteiger partial charge on any atom is 0.258 e. The van der Waals surface area contributed by atoms with Crippen LogP contribution in [-0.2, 0) is 4.79 Å². The van der Waals surface area contributed by atoms with E-state index in [0.717, 1.165) is 27.6 Å². The van der Waals surface area contributed by atoms with Gasteiger partial charge >= 0.3 is 0 Å². The molecule has 0 saturated carbocycles. The summed E-state index contributed by atoms with van der Waals surface area (Å²) >= 11 is 0. The van der Waals surface area contributed by atoms with Crippen LogP contribution < -0.4 is 15.9 Å². The lowest BCUT2D eigenvalue weighted by Gasteiger charge is -2.42. The van der Waals surface area contributed by atoms with E-state index in [4.69, 9.17) is 15.9 Å². The zero-order valence-electron chi connectivity index (χ0n) is 20.6. The Labute approximate surface area is 198 Å². The minimum Gasteiger partial charge on any atom is -0.543 e. The second-order valence-corrected chi connectivity index (χ2v) is 15.3. The SMILES string of the molecule is CC(C)[Si](Oc1ccc(C(C(N)=O)C(N)c2ccc3cnccc3c2)cc1)(C(C)C)C(C)C. The molecule has 33 heavy (non-hydrogen) atoms. The molecule has 3 aromatic rings. The van der Waals surface area contributed by atoms with E-state index in [2.05, 4.69) is 46.5 Å². The fourth-order valence-corrected chi connectivity index (χ4v) is 10.6. The number of carbonyl (C=O) groups excluding carboxylic acids is 1. The molecule has 176 valence electrons. The number of primary amides is 1. The predicted octanol–water partition coefficient (Wildman–Crippen LogP) is 6.06. The first-order valence-corrected chi connectivity index (χ1v) is 13.9. The molecule has 1 heterocycles. The molecule has 4 N–H and O–H groups in total. The van der Waals surface area contributed by atoms with E-state index in [9.17, 15) is 4.79 Å². The zero-order valence-corrected chi connectivity index (χ0v) is 21.6. The maximum absolute atomic E-state index is 12.5. The fraction of sp³-hybridized carbons (Fsp3) is 0.407. The molecule has 0 spiro atoms. The molecular formula is C27H37N3O2Si. The van der Waals surface area contributed by atoms with Gasteiger partial charge in [-0.15, -0.1) is 0 Å². The number of amides is 1. The summed E-state index contributed by atoms with van der Waals surface area (Å²) in [4.78, 5) is 16.6. The Kier molecular flexibility index (Phi) is 7.60. The van der Waals surface area contributed by atoms with Crippen LogP contribution in [0.4, 0.5) is 0 Å². The molecule has 0 saturated heterocycles. The third-order valence-corrected chi connectivity index (χ3v) is 13.0. The van der Waals surface area contributed by atoms with Crippen molar-refractivity contribution in [3.63, 3.8) is 0 Å². The van der Waals surface area contributed by atoms with Gasteiger partial charge in [0.1, 0.15) is 5.75 Å². The maximum atomic E-state index is 12.5. The molecule has 0 aliphatic rings. The number of fused-ring (bicyclic) bond motifs is 1. The number of nitrogens with zero attached hydrogens (tertiary/aromatic N) is 1. The largest absolute Gasteiger partial charge is 0.543 e. The van der Waals surface area contributed by atoms with E-state index in [0.29, 0.717) is 16.6 Å². The molecule has 1 aromatic heterocycles. The van der Waals surface area contributed by atoms with Crippen LogP contribution in [0.1, 0.15) is 64.6 Å². The van der Waals surface area contributed by atoms with Gasteiger partial charge in [0, 0.05) is 23.8 Å². The van der Waals surface area contributed by atoms with Gasteiger partial charge in [-0.3, -0.25) is 9.78 Å². The van der Waals surface area contributed by atoms with Gasteiger partial charge in [-0.05, 0) is 57.4 Å². The van der Waals surface area contributed by atoms with E-state index in [1.54, 1.807) is 6.20 Å². The van der Waals surface area contributed by atoms with Crippen molar-refractivity contribution in [2.24, 2.45) is 11.5 Å². The van der Waals surface area contributed by atoms with Gasteiger partial charge < -0.3 is 15.9 Å². The topological polar surface area (TPSA) is 91.2 Å². The summed E-state index contributed by atoms with van der Waals surface area (Å²) < 4.78 is 6.76. The summed E-state index contributed by atoms with van der Waals surface area (Å²) in [5.74, 6) is -0.238. The summed E-state index contributed by atoms with van der Waals surface area (Å²) in [5.41, 5.74) is 15.5. The highest BCUT2D eigenvalue weighted by Crippen LogP contribution is 2.43. The van der Waals surface area contributed by atoms with E-state index >= 15 is 0 Å². The van der Waals surface area contributed by atoms with E-state index < -0.39 is 26.2 Å². The first kappa shape index (κ1) is 24.9. The Morgan fingerprint density at radius 1 is 0.848 bits per heavy atom. The zero-order chi connectivity index (χ0) is 24.3. The van der Waals surface area contributed by atoms with Gasteiger partial charge in [0.15, 0.2) is 0 Å². The highest BCUT2D eigenvalue weighted by atomic mass is 28.4. The number of hydrogen-bond donors (Lipinski definition) is 2. The van der Waals surface area contributed by atoms with Crippen LogP contribution in [-0.4, -0.2) is 19.2 Å². The van der Waals surface area contributed by atoms with Gasteiger partial charge in [0.25, 0.3) is 8.32 Å². The minimum absolute atomic E-state index is 0.443. The first-order chi connectivity index (χ1) is 15.6. The number of benzene rings is 2. The van der Waals surface area contributed by atoms with Crippen molar-refractivity contribution < 1.29 is 9.22 Å². The van der Waals surface area contributed by atoms with Gasteiger partial charge in [-0.25, -0.2) is 0 Å². The molecule has 1 amide bonds. The van der Waals surface area contributed by atoms with Crippen LogP contribution in [0.2, 0.25) is 16.6 Å². The quantitative estimate of drug-likeness (QED) is 0.377. The van der Waals surface area contributed by atoms with Crippen LogP contribution >= 0.6 is 0 Å². The van der Waals surface area contributed by atoms with Gasteiger partial charge in [-0.2, -0.15) is 0 Å². The Morgan fingerprint density at radius 3 is 1.97 bits per heavy atom. The first-order valence-electron chi connectivity index (χ1n) is 11.8. The van der Waals surface area contributed by atoms with Crippen molar-refractivity contribution in [2.45, 2.75) is 70.1 Å². The minimum atomic E-state index is -2.06. The highest BCUT2D eigenvalue weighted by Gasteiger charge is 2.47. The van der Waals surface area contributed by atoms with Gasteiger partial charge in [0.2, 0.25) is 5.91 Å². The Bertz CT molecular complexity index is 1070.